The van der Waals surface area contributed by atoms with E-state index in [9.17, 15) is 14.4 Å². The summed E-state index contributed by atoms with van der Waals surface area (Å²) in [4.78, 5) is 42.2. The molecule has 34 heavy (non-hydrogen) atoms. The van der Waals surface area contributed by atoms with Crippen LogP contribution in [0, 0.1) is 0 Å². The van der Waals surface area contributed by atoms with Crippen LogP contribution in [0.15, 0.2) is 65.3 Å². The first kappa shape index (κ1) is 23.2. The van der Waals surface area contributed by atoms with Crippen molar-refractivity contribution in [1.29, 1.82) is 0 Å². The second kappa shape index (κ2) is 10.8. The molecule has 2 amide bonds. The van der Waals surface area contributed by atoms with Crippen molar-refractivity contribution in [2.24, 2.45) is 0 Å². The van der Waals surface area contributed by atoms with Crippen molar-refractivity contribution in [2.45, 2.75) is 44.7 Å². The van der Waals surface area contributed by atoms with Crippen molar-refractivity contribution in [3.8, 4) is 0 Å². The van der Waals surface area contributed by atoms with Gasteiger partial charge < -0.3 is 19.7 Å². The molecule has 1 atom stereocenters. The highest BCUT2D eigenvalue weighted by molar-refractivity contribution is 5.92. The van der Waals surface area contributed by atoms with Gasteiger partial charge in [-0.2, -0.15) is 0 Å². The van der Waals surface area contributed by atoms with Crippen molar-refractivity contribution >= 4 is 17.8 Å². The fraction of sp³-hybridized carbons (Fsp3) is 0.308. The van der Waals surface area contributed by atoms with E-state index in [1.807, 2.05) is 54.6 Å². The normalized spacial score (nSPS) is 15.5. The number of carboxylic acids is 1. The smallest absolute Gasteiger partial charge is 0.303 e. The first-order chi connectivity index (χ1) is 16.5. The van der Waals surface area contributed by atoms with Gasteiger partial charge in [0.25, 0.3) is 5.91 Å². The van der Waals surface area contributed by atoms with Crippen molar-refractivity contribution in [2.75, 3.05) is 6.54 Å². The number of aryl methyl sites for hydroxylation is 1. The number of aromatic nitrogens is 1. The van der Waals surface area contributed by atoms with E-state index < -0.39 is 5.97 Å². The Kier molecular flexibility index (Phi) is 7.37. The van der Waals surface area contributed by atoms with E-state index in [-0.39, 0.29) is 30.0 Å². The number of hydrogen-bond donors (Lipinski definition) is 2. The summed E-state index contributed by atoms with van der Waals surface area (Å²) in [6.45, 7) is 0.812. The fourth-order valence-electron chi connectivity index (χ4n) is 4.17. The number of carbonyl (C=O) groups excluding carboxylic acids is 2. The average Bonchev–Trinajstić information content (AvgIpc) is 3.46. The maximum absolute atomic E-state index is 12.6. The quantitative estimate of drug-likeness (QED) is 0.478. The molecule has 0 radical (unpaired) electrons. The predicted octanol–water partition coefficient (Wildman–Crippen LogP) is 3.53. The Hall–Kier alpha value is -3.94. The van der Waals surface area contributed by atoms with Gasteiger partial charge in [-0.1, -0.05) is 54.6 Å². The molecule has 176 valence electrons. The highest BCUT2D eigenvalue weighted by atomic mass is 16.4. The number of carboxylic acid groups (broad SMARTS) is 1. The molecular weight excluding hydrogens is 434 g/mol. The first-order valence-electron chi connectivity index (χ1n) is 11.4. The third-order valence-corrected chi connectivity index (χ3v) is 5.98. The molecular formula is C26H27N3O5. The second-order valence-electron chi connectivity index (χ2n) is 8.30. The van der Waals surface area contributed by atoms with Crippen LogP contribution in [0.25, 0.3) is 0 Å². The lowest BCUT2D eigenvalue weighted by molar-refractivity contribution is -0.137. The Bertz CT molecular complexity index is 1160. The summed E-state index contributed by atoms with van der Waals surface area (Å²) in [6, 6.07) is 17.0. The van der Waals surface area contributed by atoms with Gasteiger partial charge in [0.1, 0.15) is 12.3 Å². The number of hydrogen-bond acceptors (Lipinski definition) is 5. The molecule has 2 aromatic carbocycles. The van der Waals surface area contributed by atoms with Gasteiger partial charge in [-0.05, 0) is 36.0 Å². The molecule has 1 aliphatic rings. The molecule has 2 N–H and O–H groups in total. The number of carbonyl (C=O) groups is 3. The number of oxazole rings is 1. The zero-order valence-electron chi connectivity index (χ0n) is 18.8. The molecule has 1 fully saturated rings. The third kappa shape index (κ3) is 5.70. The minimum Gasteiger partial charge on any atom is -0.481 e. The summed E-state index contributed by atoms with van der Waals surface area (Å²) in [5.74, 6) is -0.868. The van der Waals surface area contributed by atoms with Crippen LogP contribution >= 0.6 is 0 Å². The number of rotatable bonds is 10. The maximum atomic E-state index is 12.6. The van der Waals surface area contributed by atoms with Crippen molar-refractivity contribution < 1.29 is 23.9 Å². The highest BCUT2D eigenvalue weighted by Gasteiger charge is 2.36. The Morgan fingerprint density at radius 3 is 2.56 bits per heavy atom. The topological polar surface area (TPSA) is 113 Å². The summed E-state index contributed by atoms with van der Waals surface area (Å²) in [7, 11) is 0. The van der Waals surface area contributed by atoms with Crippen LogP contribution in [0.4, 0.5) is 0 Å². The lowest BCUT2D eigenvalue weighted by atomic mass is 10.0. The highest BCUT2D eigenvalue weighted by Crippen LogP contribution is 2.34. The van der Waals surface area contributed by atoms with Crippen molar-refractivity contribution in [3.05, 3.63) is 89.1 Å². The van der Waals surface area contributed by atoms with Crippen molar-refractivity contribution in [1.82, 2.24) is 15.2 Å². The molecule has 0 aliphatic carbocycles. The average molecular weight is 462 g/mol. The van der Waals surface area contributed by atoms with Gasteiger partial charge >= 0.3 is 5.97 Å². The van der Waals surface area contributed by atoms with Crippen LogP contribution in [-0.4, -0.2) is 39.3 Å². The number of aliphatic carboxylic acids is 1. The van der Waals surface area contributed by atoms with E-state index in [2.05, 4.69) is 10.3 Å². The van der Waals surface area contributed by atoms with Crippen LogP contribution in [0.2, 0.25) is 0 Å². The first-order valence-corrected chi connectivity index (χ1v) is 11.4. The molecule has 8 heteroatoms. The van der Waals surface area contributed by atoms with Crippen LogP contribution in [0.5, 0.6) is 0 Å². The van der Waals surface area contributed by atoms with Crippen LogP contribution in [-0.2, 0) is 29.0 Å². The molecule has 3 aromatic rings. The molecule has 1 aliphatic heterocycles. The summed E-state index contributed by atoms with van der Waals surface area (Å²) in [5.41, 5.74) is 3.11. The lowest BCUT2D eigenvalue weighted by Gasteiger charge is -2.24. The van der Waals surface area contributed by atoms with E-state index in [1.165, 1.54) is 6.26 Å². The van der Waals surface area contributed by atoms with Crippen LogP contribution in [0.3, 0.4) is 0 Å². The van der Waals surface area contributed by atoms with Crippen molar-refractivity contribution in [3.63, 3.8) is 0 Å². The predicted molar refractivity (Wildman–Crippen MR) is 124 cm³/mol. The molecule has 0 spiro atoms. The zero-order chi connectivity index (χ0) is 23.9. The monoisotopic (exact) mass is 461 g/mol. The van der Waals surface area contributed by atoms with Gasteiger partial charge in [0, 0.05) is 25.9 Å². The van der Waals surface area contributed by atoms with E-state index >= 15 is 0 Å². The third-order valence-electron chi connectivity index (χ3n) is 5.98. The largest absolute Gasteiger partial charge is 0.481 e. The van der Waals surface area contributed by atoms with E-state index in [0.29, 0.717) is 44.7 Å². The maximum Gasteiger partial charge on any atom is 0.303 e. The van der Waals surface area contributed by atoms with E-state index in [0.717, 1.165) is 16.7 Å². The molecule has 8 nitrogen and oxygen atoms in total. The number of amides is 2. The fourth-order valence-corrected chi connectivity index (χ4v) is 4.17. The minimum absolute atomic E-state index is 0.0231. The van der Waals surface area contributed by atoms with E-state index in [1.54, 1.807) is 4.90 Å². The van der Waals surface area contributed by atoms with Gasteiger partial charge in [0.2, 0.25) is 11.8 Å². The summed E-state index contributed by atoms with van der Waals surface area (Å²) < 4.78 is 5.62. The Balaban J connectivity index is 1.41. The van der Waals surface area contributed by atoms with Gasteiger partial charge in [-0.3, -0.25) is 14.4 Å². The van der Waals surface area contributed by atoms with Crippen LogP contribution in [0.1, 0.15) is 58.4 Å². The summed E-state index contributed by atoms with van der Waals surface area (Å²) in [5, 5.41) is 11.9. The number of benzene rings is 2. The standard InChI is InChI=1S/C26H27N3O5/c30-23-12-11-22(29(23)16-20-9-5-4-8-19(20)10-13-24(31)32)26-28-21(17-34-26)25(33)27-15-14-18-6-2-1-3-7-18/h1-9,17,22H,10-16H2,(H,27,33)(H,31,32). The minimum atomic E-state index is -0.862. The van der Waals surface area contributed by atoms with E-state index in [4.69, 9.17) is 9.52 Å². The van der Waals surface area contributed by atoms with Gasteiger partial charge in [0.15, 0.2) is 5.69 Å². The zero-order valence-corrected chi connectivity index (χ0v) is 18.8. The molecule has 1 saturated heterocycles. The second-order valence-corrected chi connectivity index (χ2v) is 8.30. The van der Waals surface area contributed by atoms with Crippen LogP contribution < -0.4 is 5.32 Å². The number of likely N-dealkylation sites (tertiary alicyclic amines) is 1. The molecule has 1 unspecified atom stereocenters. The molecule has 0 bridgehead atoms. The van der Waals surface area contributed by atoms with Gasteiger partial charge in [0.05, 0.1) is 0 Å². The Labute approximate surface area is 197 Å². The molecule has 0 saturated carbocycles. The SMILES string of the molecule is O=C(O)CCc1ccccc1CN1C(=O)CCC1c1nc(C(=O)NCCc2ccccc2)co1. The lowest BCUT2D eigenvalue weighted by Crippen LogP contribution is -2.28. The summed E-state index contributed by atoms with van der Waals surface area (Å²) in [6.07, 6.45) is 3.37. The number of nitrogens with one attached hydrogen (secondary N) is 1. The summed E-state index contributed by atoms with van der Waals surface area (Å²) >= 11 is 0. The Morgan fingerprint density at radius 1 is 1.06 bits per heavy atom. The molecule has 4 rings (SSSR count). The van der Waals surface area contributed by atoms with Gasteiger partial charge in [-0.15, -0.1) is 0 Å². The number of nitrogens with zero attached hydrogens (tertiary/aromatic N) is 2. The molecule has 1 aromatic heterocycles. The molecule has 2 heterocycles. The Morgan fingerprint density at radius 2 is 1.79 bits per heavy atom. The van der Waals surface area contributed by atoms with Gasteiger partial charge in [-0.25, -0.2) is 4.98 Å².